The Hall–Kier alpha value is -1.63. The average molecular weight is 555 g/mol. The lowest BCUT2D eigenvalue weighted by Crippen LogP contribution is -2.39. The molecule has 7 nitrogen and oxygen atoms in total. The molecular formula is C32H62N2O5. The van der Waals surface area contributed by atoms with Gasteiger partial charge in [-0.3, -0.25) is 14.4 Å². The lowest BCUT2D eigenvalue weighted by molar-refractivity contribution is -0.172. The van der Waals surface area contributed by atoms with Gasteiger partial charge in [0.1, 0.15) is 0 Å². The minimum absolute atomic E-state index is 0.102. The van der Waals surface area contributed by atoms with Crippen molar-refractivity contribution < 1.29 is 23.9 Å². The van der Waals surface area contributed by atoms with Crippen LogP contribution in [0.2, 0.25) is 0 Å². The molecular weight excluding hydrogens is 492 g/mol. The standard InChI is InChI=1S/C32H62N2O5/c1-6-8-10-12-16-20-27-38-30(36)32(3,31(37)39-28-21-17-13-11-9-7-2)24-18-14-15-19-25-33-29(35)23-22-26-34(4)5/h6-28H2,1-5H3,(H,33,35). The molecule has 0 bridgehead atoms. The van der Waals surface area contributed by atoms with Crippen molar-refractivity contribution in [1.29, 1.82) is 0 Å². The van der Waals surface area contributed by atoms with Crippen LogP contribution in [0.1, 0.15) is 143 Å². The Morgan fingerprint density at radius 1 is 0.641 bits per heavy atom. The largest absolute Gasteiger partial charge is 0.465 e. The quantitative estimate of drug-likeness (QED) is 0.0656. The topological polar surface area (TPSA) is 84.9 Å². The Balaban J connectivity index is 4.50. The minimum atomic E-state index is -1.26. The lowest BCUT2D eigenvalue weighted by Gasteiger charge is -2.25. The van der Waals surface area contributed by atoms with E-state index in [-0.39, 0.29) is 5.91 Å². The van der Waals surface area contributed by atoms with Crippen molar-refractivity contribution in [3.05, 3.63) is 0 Å². The molecule has 0 spiro atoms. The van der Waals surface area contributed by atoms with Gasteiger partial charge >= 0.3 is 11.9 Å². The molecule has 230 valence electrons. The fourth-order valence-electron chi connectivity index (χ4n) is 4.53. The van der Waals surface area contributed by atoms with E-state index in [1.807, 2.05) is 14.1 Å². The molecule has 39 heavy (non-hydrogen) atoms. The highest BCUT2D eigenvalue weighted by Gasteiger charge is 2.43. The third kappa shape index (κ3) is 20.9. The van der Waals surface area contributed by atoms with Gasteiger partial charge < -0.3 is 19.7 Å². The number of amides is 1. The molecule has 0 rings (SSSR count). The second-order valence-corrected chi connectivity index (χ2v) is 11.6. The first-order valence-corrected chi connectivity index (χ1v) is 16.0. The highest BCUT2D eigenvalue weighted by atomic mass is 16.6. The summed E-state index contributed by atoms with van der Waals surface area (Å²) >= 11 is 0. The van der Waals surface area contributed by atoms with E-state index in [1.165, 1.54) is 38.5 Å². The molecule has 0 atom stereocenters. The van der Waals surface area contributed by atoms with Crippen LogP contribution in [0.3, 0.4) is 0 Å². The van der Waals surface area contributed by atoms with Crippen LogP contribution in [0.25, 0.3) is 0 Å². The highest BCUT2D eigenvalue weighted by Crippen LogP contribution is 2.29. The van der Waals surface area contributed by atoms with Crippen molar-refractivity contribution in [2.24, 2.45) is 5.41 Å². The number of carbonyl (C=O) groups excluding carboxylic acids is 3. The van der Waals surface area contributed by atoms with E-state index in [4.69, 9.17) is 9.47 Å². The monoisotopic (exact) mass is 554 g/mol. The molecule has 0 heterocycles. The van der Waals surface area contributed by atoms with E-state index in [9.17, 15) is 14.4 Å². The van der Waals surface area contributed by atoms with Crippen LogP contribution >= 0.6 is 0 Å². The Labute approximate surface area is 240 Å². The summed E-state index contributed by atoms with van der Waals surface area (Å²) in [7, 11) is 4.01. The molecule has 0 aliphatic carbocycles. The van der Waals surface area contributed by atoms with Crippen LogP contribution in [0.15, 0.2) is 0 Å². The molecule has 0 aliphatic rings. The number of ether oxygens (including phenoxy) is 2. The van der Waals surface area contributed by atoms with Gasteiger partial charge in [0.2, 0.25) is 5.91 Å². The summed E-state index contributed by atoms with van der Waals surface area (Å²) in [6.07, 6.45) is 18.7. The zero-order valence-corrected chi connectivity index (χ0v) is 26.3. The van der Waals surface area contributed by atoms with E-state index in [0.717, 1.165) is 77.2 Å². The van der Waals surface area contributed by atoms with E-state index in [0.29, 0.717) is 32.6 Å². The molecule has 0 aromatic heterocycles. The SMILES string of the molecule is CCCCCCCCOC(=O)C(C)(CCCCCCNC(=O)CCCN(C)C)C(=O)OCCCCCCCC. The Kier molecular flexibility index (Phi) is 24.3. The molecule has 0 radical (unpaired) electrons. The van der Waals surface area contributed by atoms with Crippen LogP contribution in [0.5, 0.6) is 0 Å². The Bertz CT molecular complexity index is 594. The maximum Gasteiger partial charge on any atom is 0.323 e. The van der Waals surface area contributed by atoms with Gasteiger partial charge in [-0.05, 0) is 59.7 Å². The lowest BCUT2D eigenvalue weighted by atomic mass is 9.84. The molecule has 0 fully saturated rings. The molecule has 0 aromatic carbocycles. The second-order valence-electron chi connectivity index (χ2n) is 11.6. The van der Waals surface area contributed by atoms with Gasteiger partial charge in [-0.1, -0.05) is 97.3 Å². The average Bonchev–Trinajstić information content (AvgIpc) is 2.90. The first kappa shape index (κ1) is 37.4. The maximum absolute atomic E-state index is 13.0. The Morgan fingerprint density at radius 3 is 1.62 bits per heavy atom. The second kappa shape index (κ2) is 25.3. The zero-order valence-electron chi connectivity index (χ0n) is 26.3. The number of carbonyl (C=O) groups is 3. The fraction of sp³-hybridized carbons (Fsp3) is 0.906. The third-order valence-electron chi connectivity index (χ3n) is 7.30. The summed E-state index contributed by atoms with van der Waals surface area (Å²) in [6, 6.07) is 0. The summed E-state index contributed by atoms with van der Waals surface area (Å²) in [4.78, 5) is 40.1. The predicted molar refractivity (Wildman–Crippen MR) is 161 cm³/mol. The number of hydrogen-bond acceptors (Lipinski definition) is 6. The van der Waals surface area contributed by atoms with E-state index < -0.39 is 17.4 Å². The van der Waals surface area contributed by atoms with E-state index in [1.54, 1.807) is 6.92 Å². The fourth-order valence-corrected chi connectivity index (χ4v) is 4.53. The van der Waals surface area contributed by atoms with Gasteiger partial charge in [0.25, 0.3) is 0 Å². The number of unbranched alkanes of at least 4 members (excludes halogenated alkanes) is 13. The smallest absolute Gasteiger partial charge is 0.323 e. The Morgan fingerprint density at radius 2 is 1.10 bits per heavy atom. The third-order valence-corrected chi connectivity index (χ3v) is 7.30. The van der Waals surface area contributed by atoms with Crippen molar-refractivity contribution in [2.75, 3.05) is 40.4 Å². The summed E-state index contributed by atoms with van der Waals surface area (Å²) in [5.41, 5.74) is -1.26. The van der Waals surface area contributed by atoms with Crippen LogP contribution in [0.4, 0.5) is 0 Å². The summed E-state index contributed by atoms with van der Waals surface area (Å²) in [5, 5.41) is 2.98. The van der Waals surface area contributed by atoms with E-state index >= 15 is 0 Å². The van der Waals surface area contributed by atoms with Gasteiger partial charge in [0, 0.05) is 13.0 Å². The molecule has 0 saturated carbocycles. The summed E-state index contributed by atoms with van der Waals surface area (Å²) in [5.74, 6) is -0.798. The van der Waals surface area contributed by atoms with Crippen molar-refractivity contribution in [3.8, 4) is 0 Å². The normalized spacial score (nSPS) is 11.5. The van der Waals surface area contributed by atoms with Gasteiger partial charge in [-0.2, -0.15) is 0 Å². The van der Waals surface area contributed by atoms with Crippen molar-refractivity contribution in [3.63, 3.8) is 0 Å². The van der Waals surface area contributed by atoms with Gasteiger partial charge in [0.15, 0.2) is 5.41 Å². The molecule has 7 heteroatoms. The van der Waals surface area contributed by atoms with Crippen LogP contribution < -0.4 is 5.32 Å². The van der Waals surface area contributed by atoms with Crippen LogP contribution in [-0.2, 0) is 23.9 Å². The number of nitrogens with one attached hydrogen (secondary N) is 1. The number of esters is 2. The van der Waals surface area contributed by atoms with Crippen LogP contribution in [0, 0.1) is 5.41 Å². The molecule has 1 N–H and O–H groups in total. The molecule has 0 unspecified atom stereocenters. The van der Waals surface area contributed by atoms with Crippen LogP contribution in [-0.4, -0.2) is 63.1 Å². The number of rotatable bonds is 27. The zero-order chi connectivity index (χ0) is 29.2. The van der Waals surface area contributed by atoms with Gasteiger partial charge in [-0.25, -0.2) is 0 Å². The van der Waals surface area contributed by atoms with Crippen molar-refractivity contribution in [2.45, 2.75) is 143 Å². The molecule has 1 amide bonds. The van der Waals surface area contributed by atoms with Crippen molar-refractivity contribution in [1.82, 2.24) is 10.2 Å². The van der Waals surface area contributed by atoms with Crippen molar-refractivity contribution >= 4 is 17.8 Å². The minimum Gasteiger partial charge on any atom is -0.465 e. The first-order valence-electron chi connectivity index (χ1n) is 16.0. The summed E-state index contributed by atoms with van der Waals surface area (Å²) < 4.78 is 11.2. The number of nitrogens with zero attached hydrogens (tertiary/aromatic N) is 1. The van der Waals surface area contributed by atoms with Gasteiger partial charge in [0.05, 0.1) is 13.2 Å². The first-order chi connectivity index (χ1) is 18.8. The molecule has 0 saturated heterocycles. The number of hydrogen-bond donors (Lipinski definition) is 1. The maximum atomic E-state index is 13.0. The van der Waals surface area contributed by atoms with E-state index in [2.05, 4.69) is 24.1 Å². The molecule has 0 aliphatic heterocycles. The molecule has 0 aromatic rings. The van der Waals surface area contributed by atoms with Gasteiger partial charge in [-0.15, -0.1) is 0 Å². The summed E-state index contributed by atoms with van der Waals surface area (Å²) in [6.45, 7) is 8.38. The predicted octanol–water partition coefficient (Wildman–Crippen LogP) is 7.21. The highest BCUT2D eigenvalue weighted by molar-refractivity contribution is 5.99.